The van der Waals surface area contributed by atoms with Crippen LogP contribution in [0.4, 0.5) is 25.4 Å². The molecule has 0 aromatic heterocycles. The summed E-state index contributed by atoms with van der Waals surface area (Å²) in [5, 5.41) is 1.46. The molecule has 384 valence electrons. The van der Waals surface area contributed by atoms with Gasteiger partial charge in [0.25, 0.3) is 10.1 Å². The highest BCUT2D eigenvalue weighted by Gasteiger charge is 2.44. The van der Waals surface area contributed by atoms with Crippen LogP contribution in [-0.2, 0) is 36.9 Å². The molecular formula is C53H73Cl2FN6O7S. The molecule has 6 atom stereocenters. The SMILES string of the molecule is CC(C)(C)OC(=O)N1CC2CN(Cc3cccc(Cl)c3N3CC[C@H](CF)C3)CC2C1.Cc1ccc(S(=O)(=O)OC[C@H]2CCN(c3c(Cl)cccc3CN3CC4CN(C(=O)OC(C)(C)C)CC4C3)C2)cc1. The highest BCUT2D eigenvalue weighted by molar-refractivity contribution is 7.86. The number of hydrogen-bond acceptors (Lipinski definition) is 11. The largest absolute Gasteiger partial charge is 0.444 e. The maximum atomic E-state index is 13.1. The summed E-state index contributed by atoms with van der Waals surface area (Å²) in [5.41, 5.74) is 4.54. The van der Waals surface area contributed by atoms with Crippen molar-refractivity contribution >= 4 is 56.9 Å². The van der Waals surface area contributed by atoms with Crippen molar-refractivity contribution < 1.29 is 36.1 Å². The third-order valence-corrected chi connectivity index (χ3v) is 16.5. The molecule has 2 amide bonds. The number of carbonyl (C=O) groups excluding carboxylic acids is 2. The van der Waals surface area contributed by atoms with Crippen LogP contribution in [0.15, 0.2) is 65.6 Å². The second-order valence-electron chi connectivity index (χ2n) is 22.6. The Morgan fingerprint density at radius 1 is 0.614 bits per heavy atom. The quantitative estimate of drug-likeness (QED) is 0.171. The number of aryl methyl sites for hydroxylation is 1. The summed E-state index contributed by atoms with van der Waals surface area (Å²) in [7, 11) is -3.79. The molecule has 9 rings (SSSR count). The molecule has 3 aromatic carbocycles. The molecule has 6 aliphatic rings. The number of halogens is 3. The van der Waals surface area contributed by atoms with Gasteiger partial charge < -0.3 is 29.1 Å². The van der Waals surface area contributed by atoms with Gasteiger partial charge in [-0.25, -0.2) is 9.59 Å². The van der Waals surface area contributed by atoms with Crippen LogP contribution in [-0.4, -0.2) is 143 Å². The number of hydrogen-bond donors (Lipinski definition) is 0. The Hall–Kier alpha value is -3.86. The summed E-state index contributed by atoms with van der Waals surface area (Å²) in [5.74, 6) is 2.07. The van der Waals surface area contributed by atoms with Crippen molar-refractivity contribution in [3.63, 3.8) is 0 Å². The van der Waals surface area contributed by atoms with Crippen LogP contribution in [0.3, 0.4) is 0 Å². The Balaban J connectivity index is 0.000000196. The maximum absolute atomic E-state index is 13.1. The van der Waals surface area contributed by atoms with Crippen LogP contribution >= 0.6 is 23.2 Å². The van der Waals surface area contributed by atoms with Gasteiger partial charge in [-0.15, -0.1) is 0 Å². The summed E-state index contributed by atoms with van der Waals surface area (Å²) in [6.07, 6.45) is 1.31. The normalized spacial score (nSPS) is 25.1. The first kappa shape index (κ1) is 52.5. The van der Waals surface area contributed by atoms with E-state index >= 15 is 0 Å². The lowest BCUT2D eigenvalue weighted by Crippen LogP contribution is -2.37. The predicted molar refractivity (Wildman–Crippen MR) is 274 cm³/mol. The minimum Gasteiger partial charge on any atom is -0.444 e. The van der Waals surface area contributed by atoms with E-state index < -0.39 is 21.3 Å². The number of anilines is 2. The Bertz CT molecular complexity index is 2410. The predicted octanol–water partition coefficient (Wildman–Crippen LogP) is 9.61. The Kier molecular flexibility index (Phi) is 16.3. The third-order valence-electron chi connectivity index (χ3n) is 14.5. The van der Waals surface area contributed by atoms with Gasteiger partial charge in [-0.2, -0.15) is 8.42 Å². The van der Waals surface area contributed by atoms with Crippen molar-refractivity contribution in [1.29, 1.82) is 0 Å². The lowest BCUT2D eigenvalue weighted by molar-refractivity contribution is 0.0264. The fourth-order valence-electron chi connectivity index (χ4n) is 11.2. The van der Waals surface area contributed by atoms with Crippen molar-refractivity contribution in [3.05, 3.63) is 87.4 Å². The average molecular weight is 1030 g/mol. The molecule has 6 aliphatic heterocycles. The average Bonchev–Trinajstić information content (AvgIpc) is 4.14. The second kappa shape index (κ2) is 21.7. The van der Waals surface area contributed by atoms with Crippen molar-refractivity contribution in [2.24, 2.45) is 35.5 Å². The van der Waals surface area contributed by atoms with Gasteiger partial charge in [0.05, 0.1) is 39.6 Å². The monoisotopic (exact) mass is 1030 g/mol. The zero-order valence-electron chi connectivity index (χ0n) is 42.0. The maximum Gasteiger partial charge on any atom is 0.410 e. The fraction of sp³-hybridized carbons (Fsp3) is 0.623. The molecule has 0 saturated carbocycles. The molecule has 0 spiro atoms. The first-order chi connectivity index (χ1) is 33.1. The van der Waals surface area contributed by atoms with Gasteiger partial charge in [-0.1, -0.05) is 65.2 Å². The Morgan fingerprint density at radius 2 is 1.03 bits per heavy atom. The number of rotatable bonds is 11. The molecule has 0 aliphatic carbocycles. The van der Waals surface area contributed by atoms with Crippen molar-refractivity contribution in [1.82, 2.24) is 19.6 Å². The summed E-state index contributed by atoms with van der Waals surface area (Å²) in [6.45, 7) is 24.7. The van der Waals surface area contributed by atoms with E-state index in [9.17, 15) is 22.4 Å². The van der Waals surface area contributed by atoms with Gasteiger partial charge in [-0.3, -0.25) is 18.4 Å². The summed E-state index contributed by atoms with van der Waals surface area (Å²) < 4.78 is 55.0. The lowest BCUT2D eigenvalue weighted by Gasteiger charge is -2.27. The van der Waals surface area contributed by atoms with Crippen LogP contribution < -0.4 is 9.80 Å². The smallest absolute Gasteiger partial charge is 0.410 e. The van der Waals surface area contributed by atoms with E-state index in [2.05, 4.69) is 31.7 Å². The molecule has 70 heavy (non-hydrogen) atoms. The number of fused-ring (bicyclic) bond motifs is 2. The minimum absolute atomic E-state index is 0.0920. The first-order valence-corrected chi connectivity index (χ1v) is 27.2. The number of para-hydroxylation sites is 2. The summed E-state index contributed by atoms with van der Waals surface area (Å²) >= 11 is 13.3. The van der Waals surface area contributed by atoms with E-state index in [0.29, 0.717) is 35.2 Å². The minimum atomic E-state index is -3.79. The van der Waals surface area contributed by atoms with E-state index in [1.807, 2.05) is 82.5 Å². The number of carbonyl (C=O) groups is 2. The van der Waals surface area contributed by atoms with Gasteiger partial charge in [0, 0.05) is 103 Å². The molecule has 4 unspecified atom stereocenters. The topological polar surface area (TPSA) is 115 Å². The molecule has 17 heteroatoms. The molecular weight excluding hydrogens is 955 g/mol. The summed E-state index contributed by atoms with van der Waals surface area (Å²) in [6, 6.07) is 18.8. The number of alkyl halides is 1. The molecule has 0 N–H and O–H groups in total. The zero-order valence-corrected chi connectivity index (χ0v) is 44.4. The number of likely N-dealkylation sites (tertiary alicyclic amines) is 4. The molecule has 6 fully saturated rings. The first-order valence-electron chi connectivity index (χ1n) is 25.1. The molecule has 6 heterocycles. The summed E-state index contributed by atoms with van der Waals surface area (Å²) in [4.78, 5) is 38.3. The molecule has 6 saturated heterocycles. The van der Waals surface area contributed by atoms with E-state index in [4.69, 9.17) is 36.9 Å². The Morgan fingerprint density at radius 3 is 1.43 bits per heavy atom. The number of nitrogens with zero attached hydrogens (tertiary/aromatic N) is 6. The van der Waals surface area contributed by atoms with E-state index in [-0.39, 0.29) is 42.2 Å². The molecule has 3 aromatic rings. The molecule has 13 nitrogen and oxygen atoms in total. The van der Waals surface area contributed by atoms with Gasteiger partial charge in [0.2, 0.25) is 0 Å². The van der Waals surface area contributed by atoms with Crippen LogP contribution in [0.5, 0.6) is 0 Å². The van der Waals surface area contributed by atoms with Gasteiger partial charge >= 0.3 is 12.2 Å². The third kappa shape index (κ3) is 13.0. The zero-order chi connectivity index (χ0) is 50.1. The highest BCUT2D eigenvalue weighted by atomic mass is 35.5. The van der Waals surface area contributed by atoms with Gasteiger partial charge in [-0.05, 0) is 120 Å². The van der Waals surface area contributed by atoms with E-state index in [1.54, 1.807) is 24.3 Å². The van der Waals surface area contributed by atoms with Crippen molar-refractivity contribution in [3.8, 4) is 0 Å². The van der Waals surface area contributed by atoms with Crippen LogP contribution in [0.25, 0.3) is 0 Å². The van der Waals surface area contributed by atoms with Crippen LogP contribution in [0, 0.1) is 42.4 Å². The Labute approximate surface area is 425 Å². The molecule has 0 bridgehead atoms. The number of amides is 2. The van der Waals surface area contributed by atoms with Gasteiger partial charge in [0.1, 0.15) is 11.2 Å². The standard InChI is InChI=1S/C30H40ClN3O5S.C23H33ClFN3O2/c1-21-8-10-26(11-9-21)40(36,37)38-20-22-12-13-33(14-22)28-23(6-5-7-27(28)31)15-32-16-24-18-34(19-25(24)17-32)29(35)39-30(2,3)4;1-23(2,3)30-22(29)28-14-18-12-26(13-19(18)15-28)11-17-5-4-6-20(24)21(17)27-8-7-16(9-25)10-27/h5-11,22,24-25H,12-20H2,1-4H3;4-6,16,18-19H,7-15H2,1-3H3/t22-,24?,25?;16-,18?,19?/m01/s1. The van der Waals surface area contributed by atoms with Crippen molar-refractivity contribution in [2.45, 2.75) is 90.5 Å². The number of benzene rings is 3. The van der Waals surface area contributed by atoms with Crippen LogP contribution in [0.1, 0.15) is 71.1 Å². The number of ether oxygens (including phenoxy) is 2. The highest BCUT2D eigenvalue weighted by Crippen LogP contribution is 2.40. The van der Waals surface area contributed by atoms with E-state index in [1.165, 1.54) is 11.1 Å². The molecule has 0 radical (unpaired) electrons. The van der Waals surface area contributed by atoms with Crippen molar-refractivity contribution in [2.75, 3.05) is 102 Å². The lowest BCUT2D eigenvalue weighted by atomic mass is 10.0. The van der Waals surface area contributed by atoms with Gasteiger partial charge in [0.15, 0.2) is 0 Å². The second-order valence-corrected chi connectivity index (χ2v) is 25.0. The fourth-order valence-corrected chi connectivity index (χ4v) is 12.9. The van der Waals surface area contributed by atoms with Crippen LogP contribution in [0.2, 0.25) is 10.0 Å². The van der Waals surface area contributed by atoms with E-state index in [0.717, 1.165) is 120 Å².